The van der Waals surface area contributed by atoms with Crippen LogP contribution < -0.4 is 0 Å². The van der Waals surface area contributed by atoms with Crippen molar-refractivity contribution in [2.45, 2.75) is 19.3 Å². The second-order valence-corrected chi connectivity index (χ2v) is 7.68. The number of thiophene rings is 1. The molecule has 1 N–H and O–H groups in total. The van der Waals surface area contributed by atoms with Gasteiger partial charge in [0.05, 0.1) is 22.8 Å². The van der Waals surface area contributed by atoms with E-state index in [1.807, 2.05) is 55.7 Å². The molecule has 0 aliphatic carbocycles. The Morgan fingerprint density at radius 3 is 2.67 bits per heavy atom. The largest absolute Gasteiger partial charge is 0.481 e. The summed E-state index contributed by atoms with van der Waals surface area (Å²) in [5.74, 6) is -0.846. The molecule has 0 saturated carbocycles. The molecule has 0 aliphatic heterocycles. The highest BCUT2D eigenvalue weighted by atomic mass is 32.1. The average molecular weight is 372 g/mol. The molecule has 0 fully saturated rings. The fourth-order valence-electron chi connectivity index (χ4n) is 3.43. The maximum atomic E-state index is 11.1. The highest BCUT2D eigenvalue weighted by molar-refractivity contribution is 7.19. The van der Waals surface area contributed by atoms with Crippen LogP contribution in [-0.2, 0) is 4.79 Å². The fourth-order valence-corrected chi connectivity index (χ4v) is 4.54. The van der Waals surface area contributed by atoms with Gasteiger partial charge in [-0.25, -0.2) is 0 Å². The van der Waals surface area contributed by atoms with Gasteiger partial charge in [0.15, 0.2) is 0 Å². The van der Waals surface area contributed by atoms with Gasteiger partial charge >= 0.3 is 5.97 Å². The summed E-state index contributed by atoms with van der Waals surface area (Å²) in [5, 5.41) is 21.5. The molecule has 0 unspecified atom stereocenters. The van der Waals surface area contributed by atoms with Crippen LogP contribution in [0.2, 0.25) is 0 Å². The average Bonchev–Trinajstić information content (AvgIpc) is 3.11. The van der Waals surface area contributed by atoms with E-state index in [1.165, 1.54) is 0 Å². The number of nitriles is 1. The second-order valence-electron chi connectivity index (χ2n) is 6.56. The standard InChI is InChI=1S/C22H16N2O2S/c1-13(8-22(25)26)20-9-18-19(11-24-12-21(18)27-20)17-7-6-14(10-23)15-4-2-3-5-16(15)17/h2-7,9,11-13H,8H2,1H3,(H,25,26)/t13-/m1/s1. The van der Waals surface area contributed by atoms with Crippen molar-refractivity contribution in [3.05, 3.63) is 65.3 Å². The molecule has 4 aromatic rings. The lowest BCUT2D eigenvalue weighted by atomic mass is 9.94. The van der Waals surface area contributed by atoms with Gasteiger partial charge in [-0.1, -0.05) is 37.3 Å². The van der Waals surface area contributed by atoms with Gasteiger partial charge in [-0.05, 0) is 23.1 Å². The van der Waals surface area contributed by atoms with Crippen LogP contribution in [0.4, 0.5) is 0 Å². The third kappa shape index (κ3) is 3.05. The second kappa shape index (κ2) is 6.82. The first-order valence-corrected chi connectivity index (χ1v) is 9.41. The Morgan fingerprint density at radius 1 is 1.15 bits per heavy atom. The van der Waals surface area contributed by atoms with Crippen molar-refractivity contribution in [2.24, 2.45) is 0 Å². The zero-order chi connectivity index (χ0) is 19.0. The highest BCUT2D eigenvalue weighted by Gasteiger charge is 2.17. The predicted molar refractivity (Wildman–Crippen MR) is 108 cm³/mol. The summed E-state index contributed by atoms with van der Waals surface area (Å²) in [6, 6.07) is 16.0. The normalized spacial score (nSPS) is 12.1. The van der Waals surface area contributed by atoms with Crippen LogP contribution in [0.25, 0.3) is 32.0 Å². The summed E-state index contributed by atoms with van der Waals surface area (Å²) in [6.07, 6.45) is 3.77. The van der Waals surface area contributed by atoms with E-state index in [9.17, 15) is 10.1 Å². The number of aliphatic carboxylic acids is 1. The van der Waals surface area contributed by atoms with Crippen molar-refractivity contribution in [1.29, 1.82) is 5.26 Å². The monoisotopic (exact) mass is 372 g/mol. The lowest BCUT2D eigenvalue weighted by molar-refractivity contribution is -0.137. The van der Waals surface area contributed by atoms with Gasteiger partial charge in [0.25, 0.3) is 0 Å². The van der Waals surface area contributed by atoms with Gasteiger partial charge in [0.2, 0.25) is 0 Å². The van der Waals surface area contributed by atoms with E-state index in [1.54, 1.807) is 11.3 Å². The number of carboxylic acids is 1. The molecule has 4 nitrogen and oxygen atoms in total. The number of benzene rings is 2. The maximum Gasteiger partial charge on any atom is 0.303 e. The minimum atomic E-state index is -0.795. The van der Waals surface area contributed by atoms with E-state index in [0.717, 1.165) is 36.9 Å². The highest BCUT2D eigenvalue weighted by Crippen LogP contribution is 2.39. The molecular formula is C22H16N2O2S. The SMILES string of the molecule is C[C@H](CC(=O)O)c1cc2c(-c3ccc(C#N)c4ccccc34)cncc2s1. The van der Waals surface area contributed by atoms with E-state index in [-0.39, 0.29) is 12.3 Å². The number of carbonyl (C=O) groups is 1. The Kier molecular flexibility index (Phi) is 4.35. The van der Waals surface area contributed by atoms with E-state index < -0.39 is 5.97 Å². The number of hydrogen-bond donors (Lipinski definition) is 1. The first kappa shape index (κ1) is 17.2. The van der Waals surface area contributed by atoms with E-state index in [2.05, 4.69) is 17.1 Å². The summed E-state index contributed by atoms with van der Waals surface area (Å²) in [7, 11) is 0. The molecule has 132 valence electrons. The molecule has 0 spiro atoms. The molecule has 5 heteroatoms. The van der Waals surface area contributed by atoms with Gasteiger partial charge in [-0.15, -0.1) is 11.3 Å². The molecule has 2 aromatic carbocycles. The molecular weight excluding hydrogens is 356 g/mol. The quantitative estimate of drug-likeness (QED) is 0.508. The Labute approximate surface area is 160 Å². The zero-order valence-corrected chi connectivity index (χ0v) is 15.5. The van der Waals surface area contributed by atoms with Gasteiger partial charge < -0.3 is 5.11 Å². The predicted octanol–water partition coefficient (Wildman–Crippen LogP) is 5.57. The Bertz CT molecular complexity index is 1220. The molecule has 2 aromatic heterocycles. The lowest BCUT2D eigenvalue weighted by Gasteiger charge is -2.09. The molecule has 0 amide bonds. The number of pyridine rings is 1. The summed E-state index contributed by atoms with van der Waals surface area (Å²) in [6.45, 7) is 1.93. The number of rotatable bonds is 4. The minimum Gasteiger partial charge on any atom is -0.481 e. The maximum absolute atomic E-state index is 11.1. The Balaban J connectivity index is 1.93. The van der Waals surface area contributed by atoms with Gasteiger partial charge in [0.1, 0.15) is 0 Å². The van der Waals surface area contributed by atoms with Crippen LogP contribution in [0.5, 0.6) is 0 Å². The van der Waals surface area contributed by atoms with E-state index >= 15 is 0 Å². The topological polar surface area (TPSA) is 74.0 Å². The molecule has 0 bridgehead atoms. The van der Waals surface area contributed by atoms with Gasteiger partial charge in [-0.2, -0.15) is 5.26 Å². The van der Waals surface area contributed by atoms with Crippen LogP contribution in [0.15, 0.2) is 54.9 Å². The van der Waals surface area contributed by atoms with Gasteiger partial charge in [0, 0.05) is 39.5 Å². The molecule has 0 saturated heterocycles. The lowest BCUT2D eigenvalue weighted by Crippen LogP contribution is -2.00. The van der Waals surface area contributed by atoms with Crippen LogP contribution >= 0.6 is 11.3 Å². The van der Waals surface area contributed by atoms with E-state index in [0.29, 0.717) is 5.56 Å². The summed E-state index contributed by atoms with van der Waals surface area (Å²) >= 11 is 1.59. The third-order valence-corrected chi connectivity index (χ3v) is 6.07. The summed E-state index contributed by atoms with van der Waals surface area (Å²) in [5.41, 5.74) is 2.67. The van der Waals surface area contributed by atoms with Crippen molar-refractivity contribution in [1.82, 2.24) is 4.98 Å². The van der Waals surface area contributed by atoms with Crippen molar-refractivity contribution >= 4 is 38.2 Å². The third-order valence-electron chi connectivity index (χ3n) is 4.77. The summed E-state index contributed by atoms with van der Waals surface area (Å²) in [4.78, 5) is 16.5. The smallest absolute Gasteiger partial charge is 0.303 e. The van der Waals surface area contributed by atoms with Crippen LogP contribution in [0.1, 0.15) is 29.7 Å². The van der Waals surface area contributed by atoms with Crippen molar-refractivity contribution < 1.29 is 9.90 Å². The Hall–Kier alpha value is -3.23. The number of nitrogens with zero attached hydrogens (tertiary/aromatic N) is 2. The first-order chi connectivity index (χ1) is 13.1. The molecule has 27 heavy (non-hydrogen) atoms. The van der Waals surface area contributed by atoms with Crippen molar-refractivity contribution in [3.63, 3.8) is 0 Å². The summed E-state index contributed by atoms with van der Waals surface area (Å²) < 4.78 is 1.04. The van der Waals surface area contributed by atoms with Crippen LogP contribution in [0.3, 0.4) is 0 Å². The fraction of sp³-hybridized carbons (Fsp3) is 0.136. The molecule has 0 radical (unpaired) electrons. The number of carboxylic acid groups (broad SMARTS) is 1. The number of aromatic nitrogens is 1. The number of fused-ring (bicyclic) bond motifs is 2. The first-order valence-electron chi connectivity index (χ1n) is 8.60. The van der Waals surface area contributed by atoms with Crippen molar-refractivity contribution in [3.8, 4) is 17.2 Å². The molecule has 2 heterocycles. The van der Waals surface area contributed by atoms with Gasteiger partial charge in [-0.3, -0.25) is 9.78 Å². The van der Waals surface area contributed by atoms with E-state index in [4.69, 9.17) is 5.11 Å². The minimum absolute atomic E-state index is 0.0505. The van der Waals surface area contributed by atoms with Crippen LogP contribution in [0, 0.1) is 11.3 Å². The zero-order valence-electron chi connectivity index (χ0n) is 14.6. The molecule has 4 rings (SSSR count). The van der Waals surface area contributed by atoms with Crippen LogP contribution in [-0.4, -0.2) is 16.1 Å². The molecule has 1 atom stereocenters. The van der Waals surface area contributed by atoms with Crippen molar-refractivity contribution in [2.75, 3.05) is 0 Å². The Morgan fingerprint density at radius 2 is 1.93 bits per heavy atom. The molecule has 0 aliphatic rings. The number of hydrogen-bond acceptors (Lipinski definition) is 4.